The lowest BCUT2D eigenvalue weighted by molar-refractivity contribution is 0.664. The molecule has 25 heavy (non-hydrogen) atoms. The lowest BCUT2D eigenvalue weighted by Crippen LogP contribution is -2.09. The number of anilines is 2. The molecule has 2 aromatic heterocycles. The van der Waals surface area contributed by atoms with Gasteiger partial charge in [-0.3, -0.25) is 0 Å². The third-order valence-corrected chi connectivity index (χ3v) is 4.53. The maximum absolute atomic E-state index is 5.80. The number of nitrogens with one attached hydrogen (secondary N) is 1. The molecule has 0 unspecified atom stereocenters. The Morgan fingerprint density at radius 2 is 2.00 bits per heavy atom. The van der Waals surface area contributed by atoms with E-state index < -0.39 is 0 Å². The summed E-state index contributed by atoms with van der Waals surface area (Å²) in [5.74, 6) is 0.727. The van der Waals surface area contributed by atoms with Crippen LogP contribution in [0, 0.1) is 0 Å². The molecule has 1 N–H and O–H groups in total. The van der Waals surface area contributed by atoms with Crippen LogP contribution in [0.5, 0.6) is 0 Å². The zero-order chi connectivity index (χ0) is 17.4. The van der Waals surface area contributed by atoms with Crippen LogP contribution in [0.25, 0.3) is 22.1 Å². The van der Waals surface area contributed by atoms with Gasteiger partial charge in [-0.15, -0.1) is 0 Å². The molecule has 0 aliphatic heterocycles. The lowest BCUT2D eigenvalue weighted by atomic mass is 10.2. The van der Waals surface area contributed by atoms with Gasteiger partial charge in [0.25, 0.3) is 0 Å². The molecule has 0 saturated heterocycles. The summed E-state index contributed by atoms with van der Waals surface area (Å²) in [4.78, 5) is 11.2. The summed E-state index contributed by atoms with van der Waals surface area (Å²) >= 11 is 3.50. The molecule has 0 amide bonds. The Morgan fingerprint density at radius 3 is 2.84 bits per heavy atom. The van der Waals surface area contributed by atoms with Crippen LogP contribution in [0.2, 0.25) is 0 Å². The second kappa shape index (κ2) is 6.37. The Morgan fingerprint density at radius 1 is 1.12 bits per heavy atom. The quantitative estimate of drug-likeness (QED) is 0.535. The summed E-state index contributed by atoms with van der Waals surface area (Å²) in [7, 11) is 4.05. The zero-order valence-electron chi connectivity index (χ0n) is 14.0. The summed E-state index contributed by atoms with van der Waals surface area (Å²) in [6.07, 6.45) is 1.74. The van der Waals surface area contributed by atoms with Gasteiger partial charge in [-0.25, -0.2) is 9.97 Å². The molecule has 0 spiro atoms. The van der Waals surface area contributed by atoms with E-state index in [4.69, 9.17) is 4.42 Å². The molecule has 2 heterocycles. The van der Waals surface area contributed by atoms with E-state index in [-0.39, 0.29) is 0 Å². The first kappa shape index (κ1) is 15.9. The molecule has 6 heteroatoms. The molecule has 0 fully saturated rings. The molecule has 0 saturated carbocycles. The molecule has 0 bridgehead atoms. The normalized spacial score (nSPS) is 11.2. The predicted molar refractivity (Wildman–Crippen MR) is 105 cm³/mol. The molecule has 0 aliphatic carbocycles. The molecule has 4 rings (SSSR count). The zero-order valence-corrected chi connectivity index (χ0v) is 15.5. The summed E-state index contributed by atoms with van der Waals surface area (Å²) in [6.45, 7) is 0.549. The van der Waals surface area contributed by atoms with Crippen LogP contribution in [0.15, 0.2) is 57.6 Å². The van der Waals surface area contributed by atoms with Gasteiger partial charge in [0.15, 0.2) is 5.58 Å². The van der Waals surface area contributed by atoms with E-state index in [1.807, 2.05) is 44.4 Å². The average molecular weight is 397 g/mol. The van der Waals surface area contributed by atoms with Gasteiger partial charge in [0.1, 0.15) is 16.9 Å². The molecular weight excluding hydrogens is 380 g/mol. The Labute approximate surface area is 153 Å². The Hall–Kier alpha value is -2.60. The van der Waals surface area contributed by atoms with Crippen molar-refractivity contribution in [3.05, 3.63) is 59.0 Å². The second-order valence-corrected chi connectivity index (χ2v) is 6.96. The van der Waals surface area contributed by atoms with Gasteiger partial charge in [0, 0.05) is 35.3 Å². The number of rotatable bonds is 4. The molecular formula is C19H17BrN4O. The average Bonchev–Trinajstić information content (AvgIpc) is 2.97. The maximum Gasteiger partial charge on any atom is 0.172 e. The maximum atomic E-state index is 5.80. The van der Waals surface area contributed by atoms with E-state index in [1.54, 1.807) is 6.20 Å². The van der Waals surface area contributed by atoms with Gasteiger partial charge < -0.3 is 14.6 Å². The Kier molecular flexibility index (Phi) is 4.05. The SMILES string of the molecule is CN(C)c1cccc(NCc2ncc3oc4ccc(Br)cc4c3n2)c1. The van der Waals surface area contributed by atoms with Crippen molar-refractivity contribution in [3.8, 4) is 0 Å². The fourth-order valence-corrected chi connectivity index (χ4v) is 3.09. The van der Waals surface area contributed by atoms with Gasteiger partial charge in [0.05, 0.1) is 12.7 Å². The Bertz CT molecular complexity index is 1060. The van der Waals surface area contributed by atoms with Crippen LogP contribution in [0.3, 0.4) is 0 Å². The summed E-state index contributed by atoms with van der Waals surface area (Å²) in [6, 6.07) is 14.2. The number of furan rings is 1. The molecule has 2 aromatic carbocycles. The highest BCUT2D eigenvalue weighted by atomic mass is 79.9. The van der Waals surface area contributed by atoms with Crippen molar-refractivity contribution in [3.63, 3.8) is 0 Å². The monoisotopic (exact) mass is 396 g/mol. The number of fused-ring (bicyclic) bond motifs is 3. The first-order valence-electron chi connectivity index (χ1n) is 7.95. The summed E-state index contributed by atoms with van der Waals surface area (Å²) in [5.41, 5.74) is 4.54. The van der Waals surface area contributed by atoms with Crippen molar-refractivity contribution in [1.29, 1.82) is 0 Å². The van der Waals surface area contributed by atoms with E-state index in [9.17, 15) is 0 Å². The third kappa shape index (κ3) is 3.17. The molecule has 0 atom stereocenters. The first-order chi connectivity index (χ1) is 12.1. The van der Waals surface area contributed by atoms with Crippen molar-refractivity contribution < 1.29 is 4.42 Å². The van der Waals surface area contributed by atoms with Crippen molar-refractivity contribution in [2.75, 3.05) is 24.3 Å². The number of nitrogens with zero attached hydrogens (tertiary/aromatic N) is 3. The van der Waals surface area contributed by atoms with E-state index >= 15 is 0 Å². The fourth-order valence-electron chi connectivity index (χ4n) is 2.73. The lowest BCUT2D eigenvalue weighted by Gasteiger charge is -2.14. The van der Waals surface area contributed by atoms with Gasteiger partial charge in [-0.05, 0) is 36.4 Å². The number of hydrogen-bond donors (Lipinski definition) is 1. The molecule has 126 valence electrons. The van der Waals surface area contributed by atoms with Crippen LogP contribution >= 0.6 is 15.9 Å². The van der Waals surface area contributed by atoms with Crippen molar-refractivity contribution in [2.45, 2.75) is 6.54 Å². The number of halogens is 1. The van der Waals surface area contributed by atoms with Crippen molar-refractivity contribution in [2.24, 2.45) is 0 Å². The van der Waals surface area contributed by atoms with E-state index in [2.05, 4.69) is 48.2 Å². The summed E-state index contributed by atoms with van der Waals surface area (Å²) < 4.78 is 6.80. The minimum Gasteiger partial charge on any atom is -0.453 e. The largest absolute Gasteiger partial charge is 0.453 e. The standard InChI is InChI=1S/C19H17BrN4O/c1-24(2)14-5-3-4-13(9-14)21-11-18-22-10-17-19(23-18)15-8-12(20)6-7-16(15)25-17/h3-10,21H,11H2,1-2H3. The molecule has 4 aromatic rings. The highest BCUT2D eigenvalue weighted by Crippen LogP contribution is 2.29. The first-order valence-corrected chi connectivity index (χ1v) is 8.74. The van der Waals surface area contributed by atoms with Crippen molar-refractivity contribution >= 4 is 49.4 Å². The van der Waals surface area contributed by atoms with Gasteiger partial charge in [0.2, 0.25) is 0 Å². The smallest absolute Gasteiger partial charge is 0.172 e. The molecule has 5 nitrogen and oxygen atoms in total. The fraction of sp³-hybridized carbons (Fsp3) is 0.158. The highest BCUT2D eigenvalue weighted by Gasteiger charge is 2.10. The second-order valence-electron chi connectivity index (χ2n) is 6.04. The topological polar surface area (TPSA) is 54.2 Å². The van der Waals surface area contributed by atoms with E-state index in [0.29, 0.717) is 12.1 Å². The molecule has 0 aliphatic rings. The summed E-state index contributed by atoms with van der Waals surface area (Å²) in [5, 5.41) is 4.37. The van der Waals surface area contributed by atoms with Gasteiger partial charge >= 0.3 is 0 Å². The van der Waals surface area contributed by atoms with Crippen LogP contribution in [0.4, 0.5) is 11.4 Å². The number of hydrogen-bond acceptors (Lipinski definition) is 5. The minimum atomic E-state index is 0.549. The van der Waals surface area contributed by atoms with Crippen LogP contribution in [0.1, 0.15) is 5.82 Å². The van der Waals surface area contributed by atoms with Crippen LogP contribution in [-0.2, 0) is 6.54 Å². The predicted octanol–water partition coefficient (Wildman–Crippen LogP) is 4.82. The van der Waals surface area contributed by atoms with Gasteiger partial charge in [-0.1, -0.05) is 22.0 Å². The Balaban J connectivity index is 1.62. The van der Waals surface area contributed by atoms with E-state index in [0.717, 1.165) is 38.2 Å². The highest BCUT2D eigenvalue weighted by molar-refractivity contribution is 9.10. The number of benzene rings is 2. The minimum absolute atomic E-state index is 0.549. The van der Waals surface area contributed by atoms with Crippen LogP contribution < -0.4 is 10.2 Å². The van der Waals surface area contributed by atoms with Crippen LogP contribution in [-0.4, -0.2) is 24.1 Å². The molecule has 0 radical (unpaired) electrons. The van der Waals surface area contributed by atoms with Crippen molar-refractivity contribution in [1.82, 2.24) is 9.97 Å². The number of aromatic nitrogens is 2. The van der Waals surface area contributed by atoms with E-state index in [1.165, 1.54) is 0 Å². The van der Waals surface area contributed by atoms with Gasteiger partial charge in [-0.2, -0.15) is 0 Å². The third-order valence-electron chi connectivity index (χ3n) is 4.03.